The van der Waals surface area contributed by atoms with E-state index in [-0.39, 0.29) is 11.8 Å². The van der Waals surface area contributed by atoms with Crippen molar-refractivity contribution in [2.45, 2.75) is 20.3 Å². The van der Waals surface area contributed by atoms with E-state index in [1.54, 1.807) is 12.3 Å². The summed E-state index contributed by atoms with van der Waals surface area (Å²) in [5.41, 5.74) is 4.34. The minimum Gasteiger partial charge on any atom is -0.360 e. The Bertz CT molecular complexity index is 804. The Balaban J connectivity index is 1.76. The highest BCUT2D eigenvalue weighted by molar-refractivity contribution is 6.03. The summed E-state index contributed by atoms with van der Waals surface area (Å²) in [5, 5.41) is 5.69. The number of amides is 2. The predicted molar refractivity (Wildman–Crippen MR) is 98.0 cm³/mol. The molecule has 2 aromatic rings. The lowest BCUT2D eigenvalue weighted by atomic mass is 10.1. The van der Waals surface area contributed by atoms with Gasteiger partial charge in [-0.05, 0) is 48.7 Å². The number of aromatic nitrogens is 1. The molecular formula is C19H22N4O2. The largest absolute Gasteiger partial charge is 0.360 e. The predicted octanol–water partition coefficient (Wildman–Crippen LogP) is 2.14. The van der Waals surface area contributed by atoms with Gasteiger partial charge in [-0.3, -0.25) is 14.6 Å². The molecule has 3 rings (SSSR count). The van der Waals surface area contributed by atoms with Gasteiger partial charge >= 0.3 is 0 Å². The Kier molecular flexibility index (Phi) is 4.97. The average Bonchev–Trinajstić information content (AvgIpc) is 2.63. The Hall–Kier alpha value is -2.89. The van der Waals surface area contributed by atoms with Crippen LogP contribution in [0.15, 0.2) is 36.5 Å². The van der Waals surface area contributed by atoms with Gasteiger partial charge in [0.15, 0.2) is 0 Å². The van der Waals surface area contributed by atoms with Gasteiger partial charge in [-0.25, -0.2) is 0 Å². The summed E-state index contributed by atoms with van der Waals surface area (Å²) in [6.45, 7) is 5.77. The second-order valence-electron chi connectivity index (χ2n) is 6.12. The van der Waals surface area contributed by atoms with E-state index < -0.39 is 0 Å². The van der Waals surface area contributed by atoms with Crippen LogP contribution < -0.4 is 15.5 Å². The molecule has 0 bridgehead atoms. The Morgan fingerprint density at radius 1 is 1.32 bits per heavy atom. The first kappa shape index (κ1) is 17.0. The van der Waals surface area contributed by atoms with Crippen molar-refractivity contribution in [3.05, 3.63) is 53.3 Å². The molecule has 0 atom stereocenters. The number of hydrogen-bond acceptors (Lipinski definition) is 4. The van der Waals surface area contributed by atoms with Gasteiger partial charge in [0.25, 0.3) is 5.91 Å². The van der Waals surface area contributed by atoms with E-state index in [4.69, 9.17) is 0 Å². The molecule has 6 nitrogen and oxygen atoms in total. The van der Waals surface area contributed by atoms with Gasteiger partial charge in [0.05, 0.1) is 6.54 Å². The molecule has 0 unspecified atom stereocenters. The lowest BCUT2D eigenvalue weighted by molar-refractivity contribution is -0.120. The molecule has 1 saturated heterocycles. The van der Waals surface area contributed by atoms with Crippen LogP contribution in [0.25, 0.3) is 0 Å². The van der Waals surface area contributed by atoms with E-state index in [2.05, 4.69) is 29.5 Å². The van der Waals surface area contributed by atoms with Crippen LogP contribution in [0.2, 0.25) is 0 Å². The van der Waals surface area contributed by atoms with Gasteiger partial charge in [-0.1, -0.05) is 13.0 Å². The zero-order valence-electron chi connectivity index (χ0n) is 14.5. The van der Waals surface area contributed by atoms with Gasteiger partial charge in [-0.2, -0.15) is 0 Å². The maximum atomic E-state index is 12.5. The van der Waals surface area contributed by atoms with Gasteiger partial charge in [0.2, 0.25) is 5.91 Å². The summed E-state index contributed by atoms with van der Waals surface area (Å²) in [7, 11) is 0. The molecule has 1 aliphatic rings. The normalized spacial score (nSPS) is 14.2. The van der Waals surface area contributed by atoms with Crippen LogP contribution in [0.4, 0.5) is 11.4 Å². The average molecular weight is 338 g/mol. The smallest absolute Gasteiger partial charge is 0.274 e. The minimum atomic E-state index is -0.255. The molecule has 0 spiro atoms. The van der Waals surface area contributed by atoms with E-state index in [1.807, 2.05) is 29.2 Å². The van der Waals surface area contributed by atoms with Crippen molar-refractivity contribution in [1.82, 2.24) is 10.3 Å². The number of nitrogens with zero attached hydrogens (tertiary/aromatic N) is 2. The summed E-state index contributed by atoms with van der Waals surface area (Å²) in [6, 6.07) is 9.43. The number of carbonyl (C=O) groups excluding carboxylic acids is 2. The van der Waals surface area contributed by atoms with Crippen LogP contribution in [0, 0.1) is 6.92 Å². The van der Waals surface area contributed by atoms with Crippen molar-refractivity contribution in [1.29, 1.82) is 0 Å². The van der Waals surface area contributed by atoms with E-state index in [0.29, 0.717) is 25.3 Å². The monoisotopic (exact) mass is 338 g/mol. The van der Waals surface area contributed by atoms with E-state index in [9.17, 15) is 9.59 Å². The highest BCUT2D eigenvalue weighted by Crippen LogP contribution is 2.19. The van der Waals surface area contributed by atoms with Crippen molar-refractivity contribution in [3.63, 3.8) is 0 Å². The molecule has 2 N–H and O–H groups in total. The summed E-state index contributed by atoms with van der Waals surface area (Å²) in [4.78, 5) is 30.2. The Morgan fingerprint density at radius 2 is 2.16 bits per heavy atom. The van der Waals surface area contributed by atoms with Crippen molar-refractivity contribution >= 4 is 23.2 Å². The van der Waals surface area contributed by atoms with Crippen LogP contribution in [-0.2, 0) is 11.2 Å². The van der Waals surface area contributed by atoms with Crippen LogP contribution in [0.5, 0.6) is 0 Å². The molecule has 1 fully saturated rings. The first-order valence-electron chi connectivity index (χ1n) is 8.45. The van der Waals surface area contributed by atoms with E-state index in [0.717, 1.165) is 17.8 Å². The fraction of sp³-hybridized carbons (Fsp3) is 0.316. The highest BCUT2D eigenvalue weighted by atomic mass is 16.2. The van der Waals surface area contributed by atoms with Crippen LogP contribution in [0.3, 0.4) is 0 Å². The van der Waals surface area contributed by atoms with Gasteiger partial charge in [0, 0.05) is 30.7 Å². The summed E-state index contributed by atoms with van der Waals surface area (Å²) >= 11 is 0. The fourth-order valence-electron chi connectivity index (χ4n) is 2.92. The van der Waals surface area contributed by atoms with Crippen molar-refractivity contribution in [2.75, 3.05) is 29.9 Å². The first-order valence-corrected chi connectivity index (χ1v) is 8.45. The molecule has 6 heteroatoms. The number of anilines is 2. The molecule has 130 valence electrons. The number of aryl methyl sites for hydroxylation is 2. The first-order chi connectivity index (χ1) is 12.1. The Labute approximate surface area is 147 Å². The van der Waals surface area contributed by atoms with E-state index >= 15 is 0 Å². The van der Waals surface area contributed by atoms with Crippen molar-refractivity contribution in [2.24, 2.45) is 0 Å². The number of pyridine rings is 1. The minimum absolute atomic E-state index is 0.0131. The molecule has 0 saturated carbocycles. The molecule has 0 radical (unpaired) electrons. The quantitative estimate of drug-likeness (QED) is 0.896. The fourth-order valence-corrected chi connectivity index (χ4v) is 2.92. The third kappa shape index (κ3) is 3.96. The summed E-state index contributed by atoms with van der Waals surface area (Å²) in [5.74, 6) is -0.268. The molecule has 2 heterocycles. The standard InChI is InChI=1S/C19H22N4O2/c1-3-14-10-15(5-4-13(14)2)22-19(25)17-11-16(6-7-20-17)23-9-8-21-18(24)12-23/h4-7,10-11H,3,8-9,12H2,1-2H3,(H,21,24)(H,22,25). The van der Waals surface area contributed by atoms with Gasteiger partial charge in [0.1, 0.15) is 5.69 Å². The number of benzene rings is 1. The van der Waals surface area contributed by atoms with Crippen molar-refractivity contribution in [3.8, 4) is 0 Å². The summed E-state index contributed by atoms with van der Waals surface area (Å²) < 4.78 is 0. The van der Waals surface area contributed by atoms with E-state index in [1.165, 1.54) is 11.1 Å². The van der Waals surface area contributed by atoms with Gasteiger partial charge < -0.3 is 15.5 Å². The molecule has 2 amide bonds. The van der Waals surface area contributed by atoms with Gasteiger partial charge in [-0.15, -0.1) is 0 Å². The third-order valence-corrected chi connectivity index (χ3v) is 4.37. The maximum absolute atomic E-state index is 12.5. The third-order valence-electron chi connectivity index (χ3n) is 4.37. The second kappa shape index (κ2) is 7.34. The van der Waals surface area contributed by atoms with Crippen LogP contribution in [0.1, 0.15) is 28.5 Å². The molecule has 1 aliphatic heterocycles. The van der Waals surface area contributed by atoms with Crippen molar-refractivity contribution < 1.29 is 9.59 Å². The molecule has 25 heavy (non-hydrogen) atoms. The number of nitrogens with one attached hydrogen (secondary N) is 2. The summed E-state index contributed by atoms with van der Waals surface area (Å²) in [6.07, 6.45) is 2.52. The molecule has 0 aliphatic carbocycles. The lowest BCUT2D eigenvalue weighted by Crippen LogP contribution is -2.47. The number of hydrogen-bond donors (Lipinski definition) is 2. The lowest BCUT2D eigenvalue weighted by Gasteiger charge is -2.28. The van der Waals surface area contributed by atoms with Crippen LogP contribution in [-0.4, -0.2) is 36.4 Å². The van der Waals surface area contributed by atoms with Crippen LogP contribution >= 0.6 is 0 Å². The number of carbonyl (C=O) groups is 2. The molecule has 1 aromatic heterocycles. The second-order valence-corrected chi connectivity index (χ2v) is 6.12. The number of rotatable bonds is 4. The number of piperazine rings is 1. The Morgan fingerprint density at radius 3 is 2.92 bits per heavy atom. The zero-order valence-corrected chi connectivity index (χ0v) is 14.5. The highest BCUT2D eigenvalue weighted by Gasteiger charge is 2.18. The molecule has 1 aromatic carbocycles. The SMILES string of the molecule is CCc1cc(NC(=O)c2cc(N3CCNC(=O)C3)ccn2)ccc1C. The topological polar surface area (TPSA) is 74.3 Å². The zero-order chi connectivity index (χ0) is 17.8. The molecular weight excluding hydrogens is 316 g/mol. The maximum Gasteiger partial charge on any atom is 0.274 e.